The summed E-state index contributed by atoms with van der Waals surface area (Å²) in [6.07, 6.45) is 4.30. The summed E-state index contributed by atoms with van der Waals surface area (Å²) in [5.74, 6) is 0.764. The first-order chi connectivity index (χ1) is 13.3. The normalized spacial score (nSPS) is 11.0. The second-order valence-electron chi connectivity index (χ2n) is 6.18. The van der Waals surface area contributed by atoms with Gasteiger partial charge in [0.25, 0.3) is 0 Å². The molecule has 0 saturated carbocycles. The first-order valence-electron chi connectivity index (χ1n) is 8.80. The molecule has 4 rings (SSSR count). The summed E-state index contributed by atoms with van der Waals surface area (Å²) in [6, 6.07) is 17.9. The first-order valence-corrected chi connectivity index (χ1v) is 9.18. The van der Waals surface area contributed by atoms with Gasteiger partial charge in [0.2, 0.25) is 0 Å². The largest absolute Gasteiger partial charge is 0.396 e. The van der Waals surface area contributed by atoms with Gasteiger partial charge >= 0.3 is 0 Å². The van der Waals surface area contributed by atoms with E-state index in [2.05, 4.69) is 33.6 Å². The number of nitrogens with zero attached hydrogens (tertiary/aromatic N) is 3. The Labute approximate surface area is 162 Å². The molecular formula is C21H19ClN4O. The number of hydrogen-bond acceptors (Lipinski definition) is 4. The minimum absolute atomic E-state index is 0.137. The zero-order valence-electron chi connectivity index (χ0n) is 14.6. The highest BCUT2D eigenvalue weighted by molar-refractivity contribution is 6.30. The third-order valence-electron chi connectivity index (χ3n) is 4.40. The number of halogens is 1. The number of hydrogen-bond donors (Lipinski definition) is 2. The second kappa shape index (κ2) is 7.78. The Morgan fingerprint density at radius 1 is 1.00 bits per heavy atom. The van der Waals surface area contributed by atoms with Crippen LogP contribution in [0.25, 0.3) is 27.8 Å². The number of aromatic nitrogens is 3. The zero-order valence-corrected chi connectivity index (χ0v) is 15.4. The van der Waals surface area contributed by atoms with Gasteiger partial charge in [0.05, 0.1) is 5.39 Å². The Hall–Kier alpha value is -2.89. The van der Waals surface area contributed by atoms with Crippen molar-refractivity contribution < 1.29 is 5.11 Å². The number of anilines is 1. The molecule has 136 valence electrons. The average Bonchev–Trinajstić information content (AvgIpc) is 3.10. The molecular weight excluding hydrogens is 360 g/mol. The van der Waals surface area contributed by atoms with Crippen LogP contribution in [0.1, 0.15) is 6.42 Å². The Kier molecular flexibility index (Phi) is 5.05. The van der Waals surface area contributed by atoms with E-state index in [-0.39, 0.29) is 6.61 Å². The van der Waals surface area contributed by atoms with E-state index >= 15 is 0 Å². The minimum Gasteiger partial charge on any atom is -0.396 e. The predicted molar refractivity (Wildman–Crippen MR) is 110 cm³/mol. The molecule has 6 heteroatoms. The summed E-state index contributed by atoms with van der Waals surface area (Å²) in [5, 5.41) is 14.1. The second-order valence-corrected chi connectivity index (χ2v) is 6.62. The maximum absolute atomic E-state index is 9.08. The van der Waals surface area contributed by atoms with Crippen LogP contribution in [0.5, 0.6) is 0 Å². The van der Waals surface area contributed by atoms with Gasteiger partial charge in [-0.25, -0.2) is 9.97 Å². The Morgan fingerprint density at radius 2 is 1.78 bits per heavy atom. The van der Waals surface area contributed by atoms with E-state index in [1.54, 1.807) is 6.33 Å². The number of aliphatic hydroxyl groups is 1. The van der Waals surface area contributed by atoms with Gasteiger partial charge in [-0.05, 0) is 36.2 Å². The standard InChI is InChI=1S/C21H19ClN4O/c22-16-7-9-17(10-8-16)26-13-18(15-5-2-1-3-6-15)19-20(23-11-4-12-27)24-14-25-21(19)26/h1-3,5-10,13-14,27H,4,11-12H2,(H,23,24,25). The van der Waals surface area contributed by atoms with E-state index in [9.17, 15) is 0 Å². The number of benzene rings is 2. The monoisotopic (exact) mass is 378 g/mol. The topological polar surface area (TPSA) is 63.0 Å². The Balaban J connectivity index is 1.92. The van der Waals surface area contributed by atoms with Crippen molar-refractivity contribution in [1.29, 1.82) is 0 Å². The highest BCUT2D eigenvalue weighted by Gasteiger charge is 2.17. The summed E-state index contributed by atoms with van der Waals surface area (Å²) in [5.41, 5.74) is 3.94. The molecule has 0 fully saturated rings. The van der Waals surface area contributed by atoms with Crippen molar-refractivity contribution >= 4 is 28.5 Å². The van der Waals surface area contributed by atoms with Crippen LogP contribution in [0.2, 0.25) is 5.02 Å². The van der Waals surface area contributed by atoms with E-state index in [1.807, 2.05) is 47.0 Å². The fourth-order valence-corrected chi connectivity index (χ4v) is 3.24. The van der Waals surface area contributed by atoms with Gasteiger partial charge in [-0.1, -0.05) is 41.9 Å². The van der Waals surface area contributed by atoms with Crippen LogP contribution in [-0.2, 0) is 0 Å². The van der Waals surface area contributed by atoms with Crippen LogP contribution < -0.4 is 5.32 Å². The van der Waals surface area contributed by atoms with Gasteiger partial charge in [0, 0.05) is 35.6 Å². The van der Waals surface area contributed by atoms with Crippen LogP contribution >= 0.6 is 11.6 Å². The van der Waals surface area contributed by atoms with Gasteiger partial charge < -0.3 is 15.0 Å². The summed E-state index contributed by atoms with van der Waals surface area (Å²) in [4.78, 5) is 8.99. The number of rotatable bonds is 6. The Morgan fingerprint density at radius 3 is 2.52 bits per heavy atom. The molecule has 2 heterocycles. The fraction of sp³-hybridized carbons (Fsp3) is 0.143. The molecule has 27 heavy (non-hydrogen) atoms. The van der Waals surface area contributed by atoms with E-state index < -0.39 is 0 Å². The average molecular weight is 379 g/mol. The highest BCUT2D eigenvalue weighted by Crippen LogP contribution is 2.35. The summed E-state index contributed by atoms with van der Waals surface area (Å²) >= 11 is 6.05. The molecule has 0 bridgehead atoms. The van der Waals surface area contributed by atoms with E-state index in [0.29, 0.717) is 18.0 Å². The summed E-state index contributed by atoms with van der Waals surface area (Å²) < 4.78 is 2.05. The van der Waals surface area contributed by atoms with Crippen LogP contribution in [-0.4, -0.2) is 32.8 Å². The minimum atomic E-state index is 0.137. The van der Waals surface area contributed by atoms with Crippen LogP contribution in [0.3, 0.4) is 0 Å². The Bertz CT molecular complexity index is 1050. The zero-order chi connectivity index (χ0) is 18.6. The van der Waals surface area contributed by atoms with Crippen molar-refractivity contribution in [2.45, 2.75) is 6.42 Å². The quantitative estimate of drug-likeness (QED) is 0.484. The fourth-order valence-electron chi connectivity index (χ4n) is 3.12. The number of aliphatic hydroxyl groups excluding tert-OH is 1. The first kappa shape index (κ1) is 17.5. The van der Waals surface area contributed by atoms with Crippen LogP contribution in [0.15, 0.2) is 67.1 Å². The van der Waals surface area contributed by atoms with Crippen LogP contribution in [0, 0.1) is 0 Å². The van der Waals surface area contributed by atoms with Crippen molar-refractivity contribution in [1.82, 2.24) is 14.5 Å². The third kappa shape index (κ3) is 3.52. The molecule has 0 unspecified atom stereocenters. The molecule has 0 aliphatic heterocycles. The van der Waals surface area contributed by atoms with E-state index in [4.69, 9.17) is 16.7 Å². The van der Waals surface area contributed by atoms with Gasteiger partial charge in [0.1, 0.15) is 12.1 Å². The third-order valence-corrected chi connectivity index (χ3v) is 4.65. The van der Waals surface area contributed by atoms with Crippen molar-refractivity contribution in [3.8, 4) is 16.8 Å². The molecule has 2 N–H and O–H groups in total. The molecule has 0 radical (unpaired) electrons. The lowest BCUT2D eigenvalue weighted by atomic mass is 10.1. The van der Waals surface area contributed by atoms with Gasteiger partial charge in [-0.3, -0.25) is 0 Å². The molecule has 0 spiro atoms. The van der Waals surface area contributed by atoms with Gasteiger partial charge in [-0.2, -0.15) is 0 Å². The van der Waals surface area contributed by atoms with Gasteiger partial charge in [-0.15, -0.1) is 0 Å². The molecule has 0 aliphatic rings. The summed E-state index contributed by atoms with van der Waals surface area (Å²) in [7, 11) is 0. The van der Waals surface area contributed by atoms with Gasteiger partial charge in [0.15, 0.2) is 5.65 Å². The lowest BCUT2D eigenvalue weighted by Crippen LogP contribution is -2.06. The van der Waals surface area contributed by atoms with E-state index in [1.165, 1.54) is 0 Å². The lowest BCUT2D eigenvalue weighted by Gasteiger charge is -2.08. The summed E-state index contributed by atoms with van der Waals surface area (Å²) in [6.45, 7) is 0.779. The lowest BCUT2D eigenvalue weighted by molar-refractivity contribution is 0.292. The van der Waals surface area contributed by atoms with Crippen LogP contribution in [0.4, 0.5) is 5.82 Å². The number of fused-ring (bicyclic) bond motifs is 1. The molecule has 0 aliphatic carbocycles. The number of nitrogens with one attached hydrogen (secondary N) is 1. The molecule has 0 amide bonds. The van der Waals surface area contributed by atoms with Crippen molar-refractivity contribution in [2.24, 2.45) is 0 Å². The molecule has 2 aromatic heterocycles. The smallest absolute Gasteiger partial charge is 0.150 e. The maximum Gasteiger partial charge on any atom is 0.150 e. The SMILES string of the molecule is OCCCNc1ncnc2c1c(-c1ccccc1)cn2-c1ccc(Cl)cc1. The highest BCUT2D eigenvalue weighted by atomic mass is 35.5. The molecule has 5 nitrogen and oxygen atoms in total. The van der Waals surface area contributed by atoms with Crippen molar-refractivity contribution in [3.63, 3.8) is 0 Å². The molecule has 0 atom stereocenters. The predicted octanol–water partition coefficient (Wildman–Crippen LogP) is 4.54. The molecule has 0 saturated heterocycles. The van der Waals surface area contributed by atoms with Crippen molar-refractivity contribution in [2.75, 3.05) is 18.5 Å². The molecule has 2 aromatic carbocycles. The van der Waals surface area contributed by atoms with E-state index in [0.717, 1.165) is 33.7 Å². The maximum atomic E-state index is 9.08. The van der Waals surface area contributed by atoms with Crippen molar-refractivity contribution in [3.05, 3.63) is 72.1 Å². The molecule has 4 aromatic rings.